The Bertz CT molecular complexity index is 231. The van der Waals surface area contributed by atoms with Crippen LogP contribution in [0.5, 0.6) is 0 Å². The van der Waals surface area contributed by atoms with Crippen LogP contribution in [0.3, 0.4) is 0 Å². The third kappa shape index (κ3) is 5.50. The number of hydrogen-bond acceptors (Lipinski definition) is 3. The van der Waals surface area contributed by atoms with Crippen molar-refractivity contribution in [3.05, 3.63) is 0 Å². The Balaban J connectivity index is 3.95. The van der Waals surface area contributed by atoms with Gasteiger partial charge in [0.25, 0.3) is 0 Å². The van der Waals surface area contributed by atoms with E-state index in [2.05, 4.69) is 31.0 Å². The number of carboxylic acids is 1. The van der Waals surface area contributed by atoms with E-state index in [1.165, 1.54) is 0 Å². The molecule has 0 aromatic heterocycles. The molecule has 0 spiro atoms. The summed E-state index contributed by atoms with van der Waals surface area (Å²) in [6.07, 6.45) is 2.66. The van der Waals surface area contributed by atoms with Crippen molar-refractivity contribution in [3.63, 3.8) is 0 Å². The van der Waals surface area contributed by atoms with Gasteiger partial charge in [-0.25, -0.2) is 0 Å². The summed E-state index contributed by atoms with van der Waals surface area (Å²) in [5.74, 6) is -0.767. The Morgan fingerprint density at radius 3 is 2.35 bits per heavy atom. The third-order valence-corrected chi connectivity index (χ3v) is 3.53. The van der Waals surface area contributed by atoms with E-state index in [4.69, 9.17) is 5.11 Å². The Morgan fingerprint density at radius 1 is 1.41 bits per heavy atom. The van der Waals surface area contributed by atoms with E-state index in [1.807, 2.05) is 0 Å². The Morgan fingerprint density at radius 2 is 2.00 bits per heavy atom. The van der Waals surface area contributed by atoms with Crippen molar-refractivity contribution in [1.82, 2.24) is 10.2 Å². The van der Waals surface area contributed by atoms with Gasteiger partial charge in [0.2, 0.25) is 0 Å². The maximum atomic E-state index is 11.1. The highest BCUT2D eigenvalue weighted by molar-refractivity contribution is 5.78. The van der Waals surface area contributed by atoms with Crippen LogP contribution in [0, 0.1) is 0 Å². The van der Waals surface area contributed by atoms with Crippen LogP contribution in [0.25, 0.3) is 0 Å². The lowest BCUT2D eigenvalue weighted by atomic mass is 9.95. The first-order chi connectivity index (χ1) is 7.87. The molecule has 0 saturated heterocycles. The van der Waals surface area contributed by atoms with Gasteiger partial charge in [0.1, 0.15) is 5.54 Å². The quantitative estimate of drug-likeness (QED) is 0.609. The average Bonchev–Trinajstić information content (AvgIpc) is 2.27. The van der Waals surface area contributed by atoms with E-state index in [9.17, 15) is 4.79 Å². The van der Waals surface area contributed by atoms with Gasteiger partial charge in [-0.1, -0.05) is 6.92 Å². The highest BCUT2D eigenvalue weighted by atomic mass is 16.4. The molecule has 0 aromatic carbocycles. The molecule has 0 fully saturated rings. The highest BCUT2D eigenvalue weighted by Crippen LogP contribution is 2.14. The summed E-state index contributed by atoms with van der Waals surface area (Å²) in [6, 6.07) is 0.565. The van der Waals surface area contributed by atoms with Gasteiger partial charge in [-0.05, 0) is 60.2 Å². The number of nitrogens with zero attached hydrogens (tertiary/aromatic N) is 1. The lowest BCUT2D eigenvalue weighted by Gasteiger charge is -2.27. The van der Waals surface area contributed by atoms with Gasteiger partial charge < -0.3 is 15.3 Å². The fourth-order valence-corrected chi connectivity index (χ4v) is 1.91. The first-order valence-corrected chi connectivity index (χ1v) is 6.53. The molecule has 0 bridgehead atoms. The van der Waals surface area contributed by atoms with Crippen molar-refractivity contribution >= 4 is 5.97 Å². The summed E-state index contributed by atoms with van der Waals surface area (Å²) in [6.45, 7) is 10.4. The van der Waals surface area contributed by atoms with E-state index >= 15 is 0 Å². The number of hydrogen-bond donors (Lipinski definition) is 2. The minimum atomic E-state index is -0.783. The molecule has 2 N–H and O–H groups in total. The van der Waals surface area contributed by atoms with Gasteiger partial charge in [0, 0.05) is 6.04 Å². The van der Waals surface area contributed by atoms with Gasteiger partial charge in [-0.15, -0.1) is 0 Å². The molecule has 4 nitrogen and oxygen atoms in total. The molecule has 0 rings (SSSR count). The number of likely N-dealkylation sites (N-methyl/N-ethyl adjacent to an activating group) is 1. The molecule has 0 aliphatic rings. The van der Waals surface area contributed by atoms with Crippen LogP contribution in [-0.4, -0.2) is 47.7 Å². The first kappa shape index (κ1) is 16.4. The maximum absolute atomic E-state index is 11.1. The predicted molar refractivity (Wildman–Crippen MR) is 71.3 cm³/mol. The number of carbonyl (C=O) groups is 1. The highest BCUT2D eigenvalue weighted by Gasteiger charge is 2.30. The van der Waals surface area contributed by atoms with Crippen LogP contribution in [0.15, 0.2) is 0 Å². The monoisotopic (exact) mass is 244 g/mol. The number of rotatable bonds is 9. The minimum Gasteiger partial charge on any atom is -0.480 e. The fourth-order valence-electron chi connectivity index (χ4n) is 1.91. The second-order valence-electron chi connectivity index (χ2n) is 5.07. The van der Waals surface area contributed by atoms with Gasteiger partial charge >= 0.3 is 5.97 Å². The summed E-state index contributed by atoms with van der Waals surface area (Å²) in [5, 5.41) is 12.0. The van der Waals surface area contributed by atoms with Crippen molar-refractivity contribution in [2.24, 2.45) is 0 Å². The normalized spacial score (nSPS) is 15.2. The van der Waals surface area contributed by atoms with Crippen molar-refractivity contribution in [2.75, 3.05) is 20.1 Å². The molecule has 0 heterocycles. The van der Waals surface area contributed by atoms with Crippen LogP contribution in [0.2, 0.25) is 0 Å². The molecule has 0 aromatic rings. The van der Waals surface area contributed by atoms with Crippen LogP contribution < -0.4 is 5.32 Å². The molecule has 0 amide bonds. The van der Waals surface area contributed by atoms with Crippen molar-refractivity contribution in [3.8, 4) is 0 Å². The fraction of sp³-hybridized carbons (Fsp3) is 0.923. The standard InChI is InChI=1S/C13H28N2O2/c1-6-15(11(2)3)10-8-7-9-13(4,14-5)12(16)17/h11,14H,6-10H2,1-5H3,(H,16,17). The first-order valence-electron chi connectivity index (χ1n) is 6.53. The van der Waals surface area contributed by atoms with Gasteiger partial charge in [-0.2, -0.15) is 0 Å². The second kappa shape index (κ2) is 7.67. The summed E-state index contributed by atoms with van der Waals surface area (Å²) in [4.78, 5) is 13.5. The van der Waals surface area contributed by atoms with E-state index in [0.29, 0.717) is 12.5 Å². The lowest BCUT2D eigenvalue weighted by molar-refractivity contribution is -0.144. The second-order valence-corrected chi connectivity index (χ2v) is 5.07. The van der Waals surface area contributed by atoms with Crippen LogP contribution in [-0.2, 0) is 4.79 Å². The van der Waals surface area contributed by atoms with E-state index in [0.717, 1.165) is 25.9 Å². The lowest BCUT2D eigenvalue weighted by Crippen LogP contribution is -2.47. The van der Waals surface area contributed by atoms with Crippen LogP contribution >= 0.6 is 0 Å². The maximum Gasteiger partial charge on any atom is 0.323 e. The van der Waals surface area contributed by atoms with E-state index in [-0.39, 0.29) is 0 Å². The predicted octanol–water partition coefficient (Wildman–Crippen LogP) is 1.95. The third-order valence-electron chi connectivity index (χ3n) is 3.53. The van der Waals surface area contributed by atoms with Crippen molar-refractivity contribution in [2.45, 2.75) is 58.5 Å². The minimum absolute atomic E-state index is 0.565. The largest absolute Gasteiger partial charge is 0.480 e. The smallest absolute Gasteiger partial charge is 0.323 e. The molecular weight excluding hydrogens is 216 g/mol. The molecule has 0 aliphatic carbocycles. The zero-order valence-electron chi connectivity index (χ0n) is 11.9. The molecular formula is C13H28N2O2. The Labute approximate surface area is 105 Å². The van der Waals surface area contributed by atoms with Crippen molar-refractivity contribution in [1.29, 1.82) is 0 Å². The molecule has 1 atom stereocenters. The Kier molecular flexibility index (Phi) is 7.39. The van der Waals surface area contributed by atoms with Crippen LogP contribution in [0.1, 0.15) is 47.0 Å². The van der Waals surface area contributed by atoms with Crippen LogP contribution in [0.4, 0.5) is 0 Å². The number of unbranched alkanes of at least 4 members (excludes halogenated alkanes) is 1. The zero-order valence-corrected chi connectivity index (χ0v) is 11.9. The van der Waals surface area contributed by atoms with E-state index in [1.54, 1.807) is 14.0 Å². The summed E-state index contributed by atoms with van der Waals surface area (Å²) < 4.78 is 0. The molecule has 102 valence electrons. The number of aliphatic carboxylic acids is 1. The molecule has 0 saturated carbocycles. The zero-order chi connectivity index (χ0) is 13.5. The average molecular weight is 244 g/mol. The Hall–Kier alpha value is -0.610. The molecule has 4 heteroatoms. The summed E-state index contributed by atoms with van der Waals surface area (Å²) >= 11 is 0. The number of nitrogens with one attached hydrogen (secondary N) is 1. The van der Waals surface area contributed by atoms with E-state index < -0.39 is 11.5 Å². The summed E-state index contributed by atoms with van der Waals surface area (Å²) in [5.41, 5.74) is -0.783. The molecule has 0 radical (unpaired) electrons. The van der Waals surface area contributed by atoms with Crippen molar-refractivity contribution < 1.29 is 9.90 Å². The number of carboxylic acid groups (broad SMARTS) is 1. The van der Waals surface area contributed by atoms with Gasteiger partial charge in [0.05, 0.1) is 0 Å². The molecule has 0 aliphatic heterocycles. The van der Waals surface area contributed by atoms with Gasteiger partial charge in [-0.3, -0.25) is 4.79 Å². The SMILES string of the molecule is CCN(CCCCC(C)(NC)C(=O)O)C(C)C. The molecule has 1 unspecified atom stereocenters. The topological polar surface area (TPSA) is 52.6 Å². The molecule has 17 heavy (non-hydrogen) atoms. The summed E-state index contributed by atoms with van der Waals surface area (Å²) in [7, 11) is 1.71. The van der Waals surface area contributed by atoms with Gasteiger partial charge in [0.15, 0.2) is 0 Å².